The molecule has 1 atom stereocenters. The second-order valence-electron chi connectivity index (χ2n) is 1.29. The highest BCUT2D eigenvalue weighted by Gasteiger charge is 1.87. The Kier molecular flexibility index (Phi) is 13.8. The summed E-state index contributed by atoms with van der Waals surface area (Å²) >= 11 is 0. The standard InChI is InChI=1S/C3H7FO.C2H6O2/c1-2-3(4)5;3-1-2-4/h3,5H,2H2,1H3;3-4H,1-2H2. The average molecular weight is 140 g/mol. The van der Waals surface area contributed by atoms with Crippen LogP contribution in [0, 0.1) is 0 Å². The molecule has 0 saturated carbocycles. The lowest BCUT2D eigenvalue weighted by molar-refractivity contribution is 0.0391. The maximum atomic E-state index is 11.0. The lowest BCUT2D eigenvalue weighted by Crippen LogP contribution is -1.90. The van der Waals surface area contributed by atoms with E-state index >= 15 is 0 Å². The number of alkyl halides is 1. The van der Waals surface area contributed by atoms with Gasteiger partial charge in [0.15, 0.2) is 6.36 Å². The van der Waals surface area contributed by atoms with Crippen molar-refractivity contribution >= 4 is 0 Å². The molecule has 58 valence electrons. The van der Waals surface area contributed by atoms with Gasteiger partial charge in [0.1, 0.15) is 0 Å². The van der Waals surface area contributed by atoms with Crippen LogP contribution in [0.15, 0.2) is 0 Å². The molecule has 0 saturated heterocycles. The van der Waals surface area contributed by atoms with E-state index in [4.69, 9.17) is 15.3 Å². The SMILES string of the molecule is CCC(O)F.OCCO. The molecule has 9 heavy (non-hydrogen) atoms. The summed E-state index contributed by atoms with van der Waals surface area (Å²) in [6, 6.07) is 0. The summed E-state index contributed by atoms with van der Waals surface area (Å²) < 4.78 is 11.0. The lowest BCUT2D eigenvalue weighted by Gasteiger charge is -1.85. The molecule has 0 aliphatic carbocycles. The molecule has 3 N–H and O–H groups in total. The summed E-state index contributed by atoms with van der Waals surface area (Å²) in [5, 5.41) is 22.9. The van der Waals surface area contributed by atoms with Crippen molar-refractivity contribution in [2.45, 2.75) is 19.7 Å². The normalized spacial score (nSPS) is 11.7. The fraction of sp³-hybridized carbons (Fsp3) is 1.00. The minimum atomic E-state index is -1.62. The molecule has 0 radical (unpaired) electrons. The van der Waals surface area contributed by atoms with Gasteiger partial charge in [0.05, 0.1) is 13.2 Å². The first-order valence-corrected chi connectivity index (χ1v) is 2.72. The zero-order chi connectivity index (χ0) is 7.70. The summed E-state index contributed by atoms with van der Waals surface area (Å²) in [6.45, 7) is 1.32. The van der Waals surface area contributed by atoms with E-state index in [-0.39, 0.29) is 19.6 Å². The van der Waals surface area contributed by atoms with Crippen LogP contribution < -0.4 is 0 Å². The van der Waals surface area contributed by atoms with Gasteiger partial charge in [0.2, 0.25) is 0 Å². The zero-order valence-corrected chi connectivity index (χ0v) is 5.42. The molecular formula is C5H13FO3. The van der Waals surface area contributed by atoms with Crippen LogP contribution in [0.1, 0.15) is 13.3 Å². The second-order valence-corrected chi connectivity index (χ2v) is 1.29. The smallest absolute Gasteiger partial charge is 0.196 e. The van der Waals surface area contributed by atoms with E-state index in [0.29, 0.717) is 0 Å². The van der Waals surface area contributed by atoms with Crippen LogP contribution in [0.4, 0.5) is 4.39 Å². The van der Waals surface area contributed by atoms with Crippen molar-refractivity contribution in [3.8, 4) is 0 Å². The number of hydrogen-bond acceptors (Lipinski definition) is 3. The number of rotatable bonds is 2. The Morgan fingerprint density at radius 3 is 1.56 bits per heavy atom. The Bertz CT molecular complexity index is 39.2. The van der Waals surface area contributed by atoms with E-state index in [9.17, 15) is 4.39 Å². The monoisotopic (exact) mass is 140 g/mol. The van der Waals surface area contributed by atoms with Crippen molar-refractivity contribution < 1.29 is 19.7 Å². The number of halogens is 1. The largest absolute Gasteiger partial charge is 0.394 e. The van der Waals surface area contributed by atoms with Gasteiger partial charge in [-0.2, -0.15) is 0 Å². The molecule has 4 heteroatoms. The molecule has 3 nitrogen and oxygen atoms in total. The molecule has 0 aliphatic rings. The first kappa shape index (κ1) is 11.6. The van der Waals surface area contributed by atoms with Gasteiger partial charge in [-0.25, -0.2) is 4.39 Å². The fourth-order valence-electron chi connectivity index (χ4n) is 0. The Balaban J connectivity index is 0. The molecule has 0 bridgehead atoms. The van der Waals surface area contributed by atoms with E-state index in [1.54, 1.807) is 6.92 Å². The van der Waals surface area contributed by atoms with Crippen molar-refractivity contribution in [2.75, 3.05) is 13.2 Å². The third kappa shape index (κ3) is 33.4. The predicted octanol–water partition coefficient (Wildman–Crippen LogP) is -0.345. The van der Waals surface area contributed by atoms with E-state index in [1.165, 1.54) is 0 Å². The molecule has 0 aromatic rings. The van der Waals surface area contributed by atoms with E-state index < -0.39 is 6.36 Å². The van der Waals surface area contributed by atoms with Crippen LogP contribution in [0.25, 0.3) is 0 Å². The number of hydrogen-bond donors (Lipinski definition) is 3. The second kappa shape index (κ2) is 10.7. The molecule has 0 fully saturated rings. The van der Waals surface area contributed by atoms with Gasteiger partial charge in [-0.15, -0.1) is 0 Å². The molecule has 0 heterocycles. The zero-order valence-electron chi connectivity index (χ0n) is 5.42. The van der Waals surface area contributed by atoms with Crippen LogP contribution in [0.2, 0.25) is 0 Å². The Labute approximate surface area is 53.8 Å². The van der Waals surface area contributed by atoms with Gasteiger partial charge in [0, 0.05) is 6.42 Å². The van der Waals surface area contributed by atoms with E-state index in [0.717, 1.165) is 0 Å². The third-order valence-corrected chi connectivity index (χ3v) is 0.437. The maximum Gasteiger partial charge on any atom is 0.196 e. The van der Waals surface area contributed by atoms with Crippen molar-refractivity contribution in [1.29, 1.82) is 0 Å². The van der Waals surface area contributed by atoms with E-state index in [2.05, 4.69) is 0 Å². The summed E-state index contributed by atoms with van der Waals surface area (Å²) in [4.78, 5) is 0. The molecule has 0 aromatic carbocycles. The highest BCUT2D eigenvalue weighted by Crippen LogP contribution is 1.85. The van der Waals surface area contributed by atoms with Crippen molar-refractivity contribution in [3.05, 3.63) is 0 Å². The van der Waals surface area contributed by atoms with Crippen LogP contribution in [-0.2, 0) is 0 Å². The van der Waals surface area contributed by atoms with Crippen molar-refractivity contribution in [1.82, 2.24) is 0 Å². The van der Waals surface area contributed by atoms with Gasteiger partial charge < -0.3 is 15.3 Å². The summed E-state index contributed by atoms with van der Waals surface area (Å²) in [6.07, 6.45) is -1.42. The van der Waals surface area contributed by atoms with Crippen LogP contribution in [-0.4, -0.2) is 34.9 Å². The number of aliphatic hydroxyl groups is 3. The fourth-order valence-corrected chi connectivity index (χ4v) is 0. The third-order valence-electron chi connectivity index (χ3n) is 0.437. The molecule has 0 aromatic heterocycles. The highest BCUT2D eigenvalue weighted by atomic mass is 19.1. The average Bonchev–Trinajstić information content (AvgIpc) is 1.89. The maximum absolute atomic E-state index is 11.0. The Morgan fingerprint density at radius 1 is 1.33 bits per heavy atom. The Morgan fingerprint density at radius 2 is 1.56 bits per heavy atom. The van der Waals surface area contributed by atoms with Crippen molar-refractivity contribution in [3.63, 3.8) is 0 Å². The van der Waals surface area contributed by atoms with Gasteiger partial charge >= 0.3 is 0 Å². The summed E-state index contributed by atoms with van der Waals surface area (Å²) in [7, 11) is 0. The molecule has 0 spiro atoms. The van der Waals surface area contributed by atoms with Crippen LogP contribution in [0.3, 0.4) is 0 Å². The summed E-state index contributed by atoms with van der Waals surface area (Å²) in [5.74, 6) is 0. The van der Waals surface area contributed by atoms with Gasteiger partial charge in [0.25, 0.3) is 0 Å². The first-order chi connectivity index (χ1) is 4.18. The van der Waals surface area contributed by atoms with Crippen molar-refractivity contribution in [2.24, 2.45) is 0 Å². The molecule has 0 amide bonds. The molecule has 0 aliphatic heterocycles. The van der Waals surface area contributed by atoms with Crippen LogP contribution in [0.5, 0.6) is 0 Å². The quantitative estimate of drug-likeness (QED) is 0.491. The Hall–Kier alpha value is -0.190. The van der Waals surface area contributed by atoms with Gasteiger partial charge in [-0.05, 0) is 0 Å². The summed E-state index contributed by atoms with van der Waals surface area (Å²) in [5.41, 5.74) is 0. The van der Waals surface area contributed by atoms with Crippen LogP contribution >= 0.6 is 0 Å². The molecule has 0 rings (SSSR count). The lowest BCUT2D eigenvalue weighted by atomic mass is 10.5. The van der Waals surface area contributed by atoms with Gasteiger partial charge in [-0.1, -0.05) is 6.92 Å². The number of aliphatic hydroxyl groups excluding tert-OH is 3. The minimum Gasteiger partial charge on any atom is -0.394 e. The minimum absolute atomic E-state index is 0.125. The molecule has 1 unspecified atom stereocenters. The topological polar surface area (TPSA) is 60.7 Å². The predicted molar refractivity (Wildman–Crippen MR) is 31.6 cm³/mol. The van der Waals surface area contributed by atoms with E-state index in [1.807, 2.05) is 0 Å². The highest BCUT2D eigenvalue weighted by molar-refractivity contribution is 4.23. The molecular weight excluding hydrogens is 127 g/mol. The van der Waals surface area contributed by atoms with Gasteiger partial charge in [-0.3, -0.25) is 0 Å². The first-order valence-electron chi connectivity index (χ1n) is 2.72.